The van der Waals surface area contributed by atoms with E-state index >= 15 is 0 Å². The van der Waals surface area contributed by atoms with Crippen LogP contribution >= 0.6 is 12.2 Å². The van der Waals surface area contributed by atoms with Crippen LogP contribution in [0.1, 0.15) is 11.3 Å². The average Bonchev–Trinajstić information content (AvgIpc) is 3.10. The van der Waals surface area contributed by atoms with Crippen molar-refractivity contribution in [2.75, 3.05) is 0 Å². The summed E-state index contributed by atoms with van der Waals surface area (Å²) in [7, 11) is 0. The minimum absolute atomic E-state index is 0.346. The highest BCUT2D eigenvalue weighted by molar-refractivity contribution is 7.71. The van der Waals surface area contributed by atoms with Gasteiger partial charge in [-0.1, -0.05) is 12.1 Å². The van der Waals surface area contributed by atoms with Gasteiger partial charge in [0.2, 0.25) is 0 Å². The van der Waals surface area contributed by atoms with Gasteiger partial charge in [0.1, 0.15) is 5.76 Å². The van der Waals surface area contributed by atoms with Crippen LogP contribution in [0.15, 0.2) is 47.1 Å². The molecule has 0 aliphatic heterocycles. The second kappa shape index (κ2) is 5.45. The second-order valence-electron chi connectivity index (χ2n) is 4.59. The number of aromatic amines is 1. The maximum Gasteiger partial charge on any atom is 0.416 e. The van der Waals surface area contributed by atoms with Crippen molar-refractivity contribution >= 4 is 12.2 Å². The van der Waals surface area contributed by atoms with Gasteiger partial charge in [0.25, 0.3) is 0 Å². The number of benzene rings is 1. The van der Waals surface area contributed by atoms with Crippen LogP contribution in [0.3, 0.4) is 0 Å². The molecular weight excluding hydrogens is 315 g/mol. The number of halogens is 3. The van der Waals surface area contributed by atoms with Gasteiger partial charge >= 0.3 is 6.18 Å². The normalized spacial score (nSPS) is 11.8. The van der Waals surface area contributed by atoms with Crippen molar-refractivity contribution in [2.45, 2.75) is 12.7 Å². The van der Waals surface area contributed by atoms with E-state index in [-0.39, 0.29) is 0 Å². The Labute approximate surface area is 128 Å². The zero-order chi connectivity index (χ0) is 15.7. The lowest BCUT2D eigenvalue weighted by Crippen LogP contribution is -2.05. The van der Waals surface area contributed by atoms with Gasteiger partial charge in [-0.2, -0.15) is 18.3 Å². The van der Waals surface area contributed by atoms with Crippen LogP contribution in [0.4, 0.5) is 13.2 Å². The lowest BCUT2D eigenvalue weighted by molar-refractivity contribution is -0.137. The van der Waals surface area contributed by atoms with E-state index in [4.69, 9.17) is 16.6 Å². The summed E-state index contributed by atoms with van der Waals surface area (Å²) >= 11 is 5.15. The zero-order valence-electron chi connectivity index (χ0n) is 11.1. The molecule has 0 aliphatic carbocycles. The monoisotopic (exact) mass is 325 g/mol. The topological polar surface area (TPSA) is 46.8 Å². The first-order chi connectivity index (χ1) is 10.4. The molecule has 0 bridgehead atoms. The Morgan fingerprint density at radius 2 is 1.91 bits per heavy atom. The zero-order valence-corrected chi connectivity index (χ0v) is 11.9. The maximum atomic E-state index is 12.6. The average molecular weight is 325 g/mol. The van der Waals surface area contributed by atoms with Crippen LogP contribution in [0.25, 0.3) is 11.4 Å². The van der Waals surface area contributed by atoms with Crippen LogP contribution in [0.2, 0.25) is 0 Å². The molecule has 0 atom stereocenters. The maximum absolute atomic E-state index is 12.6. The molecule has 0 aliphatic rings. The van der Waals surface area contributed by atoms with Gasteiger partial charge in [-0.05, 0) is 36.5 Å². The number of nitrogens with one attached hydrogen (secondary N) is 1. The molecular formula is C14H10F3N3OS. The van der Waals surface area contributed by atoms with Gasteiger partial charge in [0.05, 0.1) is 18.4 Å². The van der Waals surface area contributed by atoms with Crippen molar-refractivity contribution in [3.63, 3.8) is 0 Å². The Morgan fingerprint density at radius 3 is 2.50 bits per heavy atom. The molecule has 1 aromatic carbocycles. The molecule has 0 amide bonds. The molecule has 1 N–H and O–H groups in total. The van der Waals surface area contributed by atoms with Crippen LogP contribution < -0.4 is 0 Å². The minimum atomic E-state index is -4.36. The van der Waals surface area contributed by atoms with E-state index in [1.54, 1.807) is 16.7 Å². The van der Waals surface area contributed by atoms with Gasteiger partial charge in [-0.3, -0.25) is 9.67 Å². The summed E-state index contributed by atoms with van der Waals surface area (Å²) in [5, 5.41) is 6.73. The molecule has 0 radical (unpaired) electrons. The van der Waals surface area contributed by atoms with Crippen molar-refractivity contribution in [1.82, 2.24) is 14.8 Å². The van der Waals surface area contributed by atoms with Gasteiger partial charge in [0.15, 0.2) is 10.6 Å². The quantitative estimate of drug-likeness (QED) is 0.732. The highest BCUT2D eigenvalue weighted by atomic mass is 32.1. The molecule has 8 heteroatoms. The number of alkyl halides is 3. The summed E-state index contributed by atoms with van der Waals surface area (Å²) in [5.74, 6) is 1.13. The fraction of sp³-hybridized carbons (Fsp3) is 0.143. The summed E-state index contributed by atoms with van der Waals surface area (Å²) in [6.45, 7) is 0.346. The Hall–Kier alpha value is -2.35. The molecule has 3 rings (SSSR count). The van der Waals surface area contributed by atoms with Gasteiger partial charge in [0, 0.05) is 5.56 Å². The standard InChI is InChI=1S/C14H10F3N3OS/c15-14(16,17)10-5-3-9(4-6-10)12-18-19-13(22)20(12)8-11-2-1-7-21-11/h1-7H,8H2,(H,19,22). The van der Waals surface area contributed by atoms with Crippen molar-refractivity contribution in [3.05, 3.63) is 58.8 Å². The molecule has 22 heavy (non-hydrogen) atoms. The number of rotatable bonds is 3. The molecule has 3 aromatic rings. The first-order valence-corrected chi connectivity index (χ1v) is 6.71. The Bertz CT molecular complexity index is 816. The predicted molar refractivity (Wildman–Crippen MR) is 75.7 cm³/mol. The molecule has 2 aromatic heterocycles. The highest BCUT2D eigenvalue weighted by Crippen LogP contribution is 2.30. The first kappa shape index (κ1) is 14.6. The Balaban J connectivity index is 1.97. The van der Waals surface area contributed by atoms with Gasteiger partial charge in [-0.15, -0.1) is 0 Å². The number of H-pyrrole nitrogens is 1. The molecule has 0 fully saturated rings. The lowest BCUT2D eigenvalue weighted by Gasteiger charge is -2.08. The SMILES string of the molecule is FC(F)(F)c1ccc(-c2n[nH]c(=S)n2Cc2ccco2)cc1. The molecule has 0 saturated heterocycles. The molecule has 0 spiro atoms. The number of hydrogen-bond acceptors (Lipinski definition) is 3. The van der Waals surface area contributed by atoms with E-state index in [2.05, 4.69) is 10.2 Å². The Kier molecular flexibility index (Phi) is 3.61. The van der Waals surface area contributed by atoms with Crippen molar-refractivity contribution in [3.8, 4) is 11.4 Å². The van der Waals surface area contributed by atoms with Gasteiger partial charge < -0.3 is 4.42 Å². The predicted octanol–water partition coefficient (Wildman–Crippen LogP) is 4.27. The van der Waals surface area contributed by atoms with Crippen LogP contribution in [0.5, 0.6) is 0 Å². The fourth-order valence-corrected chi connectivity index (χ4v) is 2.25. The number of hydrogen-bond donors (Lipinski definition) is 1. The molecule has 4 nitrogen and oxygen atoms in total. The molecule has 0 saturated carbocycles. The van der Waals surface area contributed by atoms with Crippen LogP contribution in [0, 0.1) is 4.77 Å². The number of nitrogens with zero attached hydrogens (tertiary/aromatic N) is 2. The molecule has 2 heterocycles. The third-order valence-electron chi connectivity index (χ3n) is 3.12. The summed E-state index contributed by atoms with van der Waals surface area (Å²) in [5.41, 5.74) is -0.171. The Morgan fingerprint density at radius 1 is 1.18 bits per heavy atom. The van der Waals surface area contributed by atoms with E-state index in [0.717, 1.165) is 12.1 Å². The fourth-order valence-electron chi connectivity index (χ4n) is 2.05. The van der Waals surface area contributed by atoms with E-state index in [1.165, 1.54) is 18.4 Å². The molecule has 0 unspecified atom stereocenters. The summed E-state index contributed by atoms with van der Waals surface area (Å²) in [6, 6.07) is 8.30. The van der Waals surface area contributed by atoms with Crippen LogP contribution in [-0.4, -0.2) is 14.8 Å². The summed E-state index contributed by atoms with van der Waals surface area (Å²) in [4.78, 5) is 0. The smallest absolute Gasteiger partial charge is 0.416 e. The highest BCUT2D eigenvalue weighted by Gasteiger charge is 2.30. The first-order valence-electron chi connectivity index (χ1n) is 6.30. The van der Waals surface area contributed by atoms with E-state index in [1.807, 2.05) is 0 Å². The number of furan rings is 1. The molecule has 114 valence electrons. The van der Waals surface area contributed by atoms with E-state index < -0.39 is 11.7 Å². The van der Waals surface area contributed by atoms with Crippen molar-refractivity contribution in [1.29, 1.82) is 0 Å². The third-order valence-corrected chi connectivity index (χ3v) is 3.43. The summed E-state index contributed by atoms with van der Waals surface area (Å²) < 4.78 is 45.1. The van der Waals surface area contributed by atoms with Crippen LogP contribution in [-0.2, 0) is 12.7 Å². The minimum Gasteiger partial charge on any atom is -0.467 e. The lowest BCUT2D eigenvalue weighted by atomic mass is 10.1. The van der Waals surface area contributed by atoms with E-state index in [0.29, 0.717) is 28.5 Å². The van der Waals surface area contributed by atoms with Gasteiger partial charge in [-0.25, -0.2) is 0 Å². The number of aromatic nitrogens is 3. The second-order valence-corrected chi connectivity index (χ2v) is 4.98. The third kappa shape index (κ3) is 2.82. The summed E-state index contributed by atoms with van der Waals surface area (Å²) in [6.07, 6.45) is -2.83. The van der Waals surface area contributed by atoms with Crippen molar-refractivity contribution < 1.29 is 17.6 Å². The largest absolute Gasteiger partial charge is 0.467 e. The van der Waals surface area contributed by atoms with Crippen molar-refractivity contribution in [2.24, 2.45) is 0 Å². The van der Waals surface area contributed by atoms with E-state index in [9.17, 15) is 13.2 Å².